The van der Waals surface area contributed by atoms with E-state index in [1.54, 1.807) is 18.7 Å². The Balaban J connectivity index is 1.58. The quantitative estimate of drug-likeness (QED) is 0.643. The lowest BCUT2D eigenvalue weighted by Crippen LogP contribution is -2.14. The molecule has 3 rings (SSSR count). The highest BCUT2D eigenvalue weighted by molar-refractivity contribution is 7.15. The molecule has 3 aromatic rings. The Morgan fingerprint density at radius 2 is 2.17 bits per heavy atom. The summed E-state index contributed by atoms with van der Waals surface area (Å²) in [4.78, 5) is 28.7. The first kappa shape index (κ1) is 16.2. The van der Waals surface area contributed by atoms with E-state index in [1.807, 2.05) is 24.3 Å². The number of thiazole rings is 1. The summed E-state index contributed by atoms with van der Waals surface area (Å²) in [7, 11) is 1.60. The highest BCUT2D eigenvalue weighted by Gasteiger charge is 2.09. The maximum Gasteiger partial charge on any atom is 0.306 e. The second kappa shape index (κ2) is 7.27. The SMILES string of the molecule is COc1ccccc1CCC(=O)OCc1cc(=O)n2ccsc2n1. The molecule has 0 saturated carbocycles. The van der Waals surface area contributed by atoms with Crippen LogP contribution in [0.15, 0.2) is 46.7 Å². The fraction of sp³-hybridized carbons (Fsp3) is 0.235. The molecule has 0 aliphatic heterocycles. The highest BCUT2D eigenvalue weighted by Crippen LogP contribution is 2.19. The highest BCUT2D eigenvalue weighted by atomic mass is 32.1. The monoisotopic (exact) mass is 344 g/mol. The zero-order chi connectivity index (χ0) is 16.9. The minimum Gasteiger partial charge on any atom is -0.496 e. The van der Waals surface area contributed by atoms with Crippen LogP contribution in [-0.2, 0) is 22.6 Å². The molecule has 124 valence electrons. The van der Waals surface area contributed by atoms with Crippen molar-refractivity contribution in [1.29, 1.82) is 0 Å². The fourth-order valence-electron chi connectivity index (χ4n) is 2.33. The molecular formula is C17H16N2O4S. The number of aryl methyl sites for hydroxylation is 1. The van der Waals surface area contributed by atoms with Crippen LogP contribution in [0.25, 0.3) is 4.96 Å². The second-order valence-electron chi connectivity index (χ2n) is 5.11. The third kappa shape index (κ3) is 3.62. The Morgan fingerprint density at radius 3 is 3.00 bits per heavy atom. The summed E-state index contributed by atoms with van der Waals surface area (Å²) in [6.07, 6.45) is 2.43. The number of benzene rings is 1. The molecule has 0 amide bonds. The van der Waals surface area contributed by atoms with E-state index in [2.05, 4.69) is 4.98 Å². The number of hydrogen-bond acceptors (Lipinski definition) is 6. The van der Waals surface area contributed by atoms with Gasteiger partial charge < -0.3 is 9.47 Å². The van der Waals surface area contributed by atoms with Crippen LogP contribution < -0.4 is 10.3 Å². The first-order valence-corrected chi connectivity index (χ1v) is 8.28. The van der Waals surface area contributed by atoms with E-state index >= 15 is 0 Å². The summed E-state index contributed by atoms with van der Waals surface area (Å²) in [6, 6.07) is 8.93. The van der Waals surface area contributed by atoms with Crippen LogP contribution in [0.2, 0.25) is 0 Å². The van der Waals surface area contributed by atoms with Gasteiger partial charge in [0.05, 0.1) is 12.8 Å². The van der Waals surface area contributed by atoms with Crippen LogP contribution in [0, 0.1) is 0 Å². The van der Waals surface area contributed by atoms with Gasteiger partial charge in [-0.2, -0.15) is 0 Å². The van der Waals surface area contributed by atoms with Gasteiger partial charge in [0.1, 0.15) is 12.4 Å². The van der Waals surface area contributed by atoms with Gasteiger partial charge in [-0.1, -0.05) is 18.2 Å². The summed E-state index contributed by atoms with van der Waals surface area (Å²) in [6.45, 7) is -0.00556. The maximum absolute atomic E-state index is 11.9. The molecule has 2 heterocycles. The number of rotatable bonds is 6. The molecule has 0 aliphatic carbocycles. The molecule has 0 saturated heterocycles. The van der Waals surface area contributed by atoms with E-state index < -0.39 is 0 Å². The lowest BCUT2D eigenvalue weighted by atomic mass is 10.1. The van der Waals surface area contributed by atoms with Crippen molar-refractivity contribution in [1.82, 2.24) is 9.38 Å². The van der Waals surface area contributed by atoms with Crippen molar-refractivity contribution >= 4 is 22.3 Å². The summed E-state index contributed by atoms with van der Waals surface area (Å²) in [5.74, 6) is 0.414. The largest absolute Gasteiger partial charge is 0.496 e. The molecular weight excluding hydrogens is 328 g/mol. The first-order chi connectivity index (χ1) is 11.7. The second-order valence-corrected chi connectivity index (χ2v) is 5.99. The molecule has 1 aromatic carbocycles. The molecule has 6 nitrogen and oxygen atoms in total. The third-order valence-electron chi connectivity index (χ3n) is 3.53. The van der Waals surface area contributed by atoms with Gasteiger partial charge in [0, 0.05) is 24.1 Å². The van der Waals surface area contributed by atoms with Crippen LogP contribution >= 0.6 is 11.3 Å². The number of hydrogen-bond donors (Lipinski definition) is 0. The van der Waals surface area contributed by atoms with Crippen LogP contribution in [0.5, 0.6) is 5.75 Å². The van der Waals surface area contributed by atoms with Gasteiger partial charge in [-0.05, 0) is 18.1 Å². The van der Waals surface area contributed by atoms with Crippen molar-refractivity contribution in [3.63, 3.8) is 0 Å². The summed E-state index contributed by atoms with van der Waals surface area (Å²) < 4.78 is 11.9. The number of para-hydroxylation sites is 1. The number of carbonyl (C=O) groups excluding carboxylic acids is 1. The molecule has 0 fully saturated rings. The molecule has 0 atom stereocenters. The fourth-order valence-corrected chi connectivity index (χ4v) is 3.07. The Kier molecular flexibility index (Phi) is 4.90. The number of nitrogens with zero attached hydrogens (tertiary/aromatic N) is 2. The zero-order valence-electron chi connectivity index (χ0n) is 13.1. The number of carbonyl (C=O) groups is 1. The van der Waals surface area contributed by atoms with Gasteiger partial charge in [0.25, 0.3) is 5.56 Å². The molecule has 0 aliphatic rings. The van der Waals surface area contributed by atoms with Crippen LogP contribution in [0.3, 0.4) is 0 Å². The van der Waals surface area contributed by atoms with Gasteiger partial charge in [-0.15, -0.1) is 11.3 Å². The van der Waals surface area contributed by atoms with E-state index in [9.17, 15) is 9.59 Å². The van der Waals surface area contributed by atoms with Crippen molar-refractivity contribution in [3.8, 4) is 5.75 Å². The first-order valence-electron chi connectivity index (χ1n) is 7.40. The number of aromatic nitrogens is 2. The summed E-state index contributed by atoms with van der Waals surface area (Å²) in [5.41, 5.74) is 1.22. The number of methoxy groups -OCH3 is 1. The van der Waals surface area contributed by atoms with Gasteiger partial charge in [0.15, 0.2) is 4.96 Å². The van der Waals surface area contributed by atoms with E-state index in [4.69, 9.17) is 9.47 Å². The number of esters is 1. The third-order valence-corrected chi connectivity index (χ3v) is 4.28. The predicted molar refractivity (Wildman–Crippen MR) is 90.5 cm³/mol. The van der Waals surface area contributed by atoms with Crippen molar-refractivity contribution < 1.29 is 14.3 Å². The summed E-state index contributed by atoms with van der Waals surface area (Å²) in [5, 5.41) is 1.78. The normalized spacial score (nSPS) is 10.7. The predicted octanol–water partition coefficient (Wildman–Crippen LogP) is 2.44. The molecule has 0 N–H and O–H groups in total. The molecule has 0 radical (unpaired) electrons. The summed E-state index contributed by atoms with van der Waals surface area (Å²) >= 11 is 1.36. The molecule has 0 spiro atoms. The van der Waals surface area contributed by atoms with Gasteiger partial charge in [0.2, 0.25) is 0 Å². The maximum atomic E-state index is 11.9. The Labute approximate surface area is 142 Å². The molecule has 2 aromatic heterocycles. The average molecular weight is 344 g/mol. The number of ether oxygens (including phenoxy) is 2. The molecule has 7 heteroatoms. The minimum atomic E-state index is -0.339. The van der Waals surface area contributed by atoms with Gasteiger partial charge in [-0.3, -0.25) is 14.0 Å². The minimum absolute atomic E-state index is 0.00556. The topological polar surface area (TPSA) is 69.9 Å². The molecule has 0 bridgehead atoms. The van der Waals surface area contributed by atoms with Crippen molar-refractivity contribution in [2.24, 2.45) is 0 Å². The van der Waals surface area contributed by atoms with Crippen LogP contribution in [0.4, 0.5) is 0 Å². The average Bonchev–Trinajstić information content (AvgIpc) is 3.07. The lowest BCUT2D eigenvalue weighted by Gasteiger charge is -2.08. The zero-order valence-corrected chi connectivity index (χ0v) is 13.9. The van der Waals surface area contributed by atoms with Crippen molar-refractivity contribution in [3.05, 3.63) is 63.5 Å². The molecule has 24 heavy (non-hydrogen) atoms. The van der Waals surface area contributed by atoms with Crippen molar-refractivity contribution in [2.75, 3.05) is 7.11 Å². The van der Waals surface area contributed by atoms with Crippen LogP contribution in [-0.4, -0.2) is 22.5 Å². The number of fused-ring (bicyclic) bond motifs is 1. The van der Waals surface area contributed by atoms with E-state index in [0.717, 1.165) is 11.3 Å². The van der Waals surface area contributed by atoms with E-state index in [1.165, 1.54) is 21.8 Å². The van der Waals surface area contributed by atoms with Gasteiger partial charge in [-0.25, -0.2) is 4.98 Å². The van der Waals surface area contributed by atoms with Crippen LogP contribution in [0.1, 0.15) is 17.7 Å². The van der Waals surface area contributed by atoms with Crippen molar-refractivity contribution in [2.45, 2.75) is 19.4 Å². The van der Waals surface area contributed by atoms with E-state index in [0.29, 0.717) is 17.1 Å². The lowest BCUT2D eigenvalue weighted by molar-refractivity contribution is -0.145. The standard InChI is InChI=1S/C17H16N2O4S/c1-22-14-5-3-2-4-12(14)6-7-16(21)23-11-13-10-15(20)19-8-9-24-17(19)18-13/h2-5,8-10H,6-7,11H2,1H3. The Bertz CT molecular complexity index is 916. The van der Waals surface area contributed by atoms with Gasteiger partial charge >= 0.3 is 5.97 Å². The smallest absolute Gasteiger partial charge is 0.306 e. The Morgan fingerprint density at radius 1 is 1.33 bits per heavy atom. The Hall–Kier alpha value is -2.67. The molecule has 0 unspecified atom stereocenters. The van der Waals surface area contributed by atoms with E-state index in [-0.39, 0.29) is 24.6 Å².